The number of carbonyl (C=O) groups excluding carboxylic acids is 2. The number of carbonyl (C=O) groups is 2. The zero-order valence-corrected chi connectivity index (χ0v) is 15.6. The molecule has 0 spiro atoms. The molecule has 28 heavy (non-hydrogen) atoms. The summed E-state index contributed by atoms with van der Waals surface area (Å²) in [6.07, 6.45) is -3.45. The lowest BCUT2D eigenvalue weighted by Gasteiger charge is -2.24. The van der Waals surface area contributed by atoms with Crippen LogP contribution in [0.1, 0.15) is 34.3 Å². The lowest BCUT2D eigenvalue weighted by Crippen LogP contribution is -2.45. The molecule has 0 radical (unpaired) electrons. The quantitative estimate of drug-likeness (QED) is 0.817. The molecule has 1 aliphatic rings. The molecule has 0 aliphatic carbocycles. The Morgan fingerprint density at radius 1 is 1.14 bits per heavy atom. The summed E-state index contributed by atoms with van der Waals surface area (Å²) < 4.78 is 38.7. The highest BCUT2D eigenvalue weighted by Gasteiger charge is 2.36. The second kappa shape index (κ2) is 8.22. The summed E-state index contributed by atoms with van der Waals surface area (Å²) in [7, 11) is 0. The van der Waals surface area contributed by atoms with Gasteiger partial charge in [0.15, 0.2) is 0 Å². The number of alkyl halides is 3. The summed E-state index contributed by atoms with van der Waals surface area (Å²) >= 11 is 5.83. The summed E-state index contributed by atoms with van der Waals surface area (Å²) in [5.74, 6) is -0.900. The van der Waals surface area contributed by atoms with Crippen LogP contribution in [0.4, 0.5) is 13.2 Å². The van der Waals surface area contributed by atoms with Gasteiger partial charge in [-0.1, -0.05) is 29.8 Å². The number of halogens is 4. The van der Waals surface area contributed by atoms with Crippen LogP contribution in [-0.4, -0.2) is 29.3 Å². The first-order chi connectivity index (χ1) is 13.3. The van der Waals surface area contributed by atoms with Gasteiger partial charge in [0.25, 0.3) is 5.91 Å². The van der Waals surface area contributed by atoms with Gasteiger partial charge in [0.05, 0.1) is 5.56 Å². The van der Waals surface area contributed by atoms with E-state index >= 15 is 0 Å². The fraction of sp³-hybridized carbons (Fsp3) is 0.300. The Kier molecular flexibility index (Phi) is 5.93. The number of nitrogens with one attached hydrogen (secondary N) is 1. The summed E-state index contributed by atoms with van der Waals surface area (Å²) in [5, 5.41) is 3.36. The molecule has 0 aromatic heterocycles. The average Bonchev–Trinajstić information content (AvgIpc) is 3.16. The Morgan fingerprint density at radius 3 is 2.54 bits per heavy atom. The van der Waals surface area contributed by atoms with Crippen molar-refractivity contribution in [3.63, 3.8) is 0 Å². The average molecular weight is 411 g/mol. The van der Waals surface area contributed by atoms with Gasteiger partial charge in [-0.05, 0) is 48.7 Å². The van der Waals surface area contributed by atoms with Gasteiger partial charge in [0.2, 0.25) is 5.91 Å². The van der Waals surface area contributed by atoms with Crippen molar-refractivity contribution in [2.24, 2.45) is 0 Å². The number of likely N-dealkylation sites (tertiary alicyclic amines) is 1. The topological polar surface area (TPSA) is 49.4 Å². The van der Waals surface area contributed by atoms with Crippen LogP contribution < -0.4 is 5.32 Å². The van der Waals surface area contributed by atoms with Crippen LogP contribution in [0, 0.1) is 0 Å². The van der Waals surface area contributed by atoms with Crippen molar-refractivity contribution in [1.29, 1.82) is 0 Å². The number of hydrogen-bond donors (Lipinski definition) is 1. The molecule has 3 rings (SSSR count). The molecular formula is C20H18ClF3N2O2. The Balaban J connectivity index is 1.69. The lowest BCUT2D eigenvalue weighted by atomic mass is 10.1. The van der Waals surface area contributed by atoms with E-state index in [2.05, 4.69) is 5.32 Å². The molecular weight excluding hydrogens is 393 g/mol. The monoisotopic (exact) mass is 410 g/mol. The van der Waals surface area contributed by atoms with Crippen LogP contribution in [0.5, 0.6) is 0 Å². The van der Waals surface area contributed by atoms with Crippen molar-refractivity contribution in [2.75, 3.05) is 6.54 Å². The van der Waals surface area contributed by atoms with E-state index in [0.29, 0.717) is 24.4 Å². The molecule has 1 aliphatic heterocycles. The number of rotatable bonds is 4. The molecule has 0 bridgehead atoms. The zero-order valence-electron chi connectivity index (χ0n) is 14.8. The third-order valence-electron chi connectivity index (χ3n) is 4.63. The van der Waals surface area contributed by atoms with Gasteiger partial charge in [-0.3, -0.25) is 9.59 Å². The summed E-state index contributed by atoms with van der Waals surface area (Å²) in [4.78, 5) is 26.6. The molecule has 1 fully saturated rings. The SMILES string of the molecule is O=C(NCc1ccc(Cl)cc1)[C@@H]1CCCN1C(=O)c1cccc(C(F)(F)F)c1. The molecule has 2 amide bonds. The molecule has 8 heteroatoms. The highest BCUT2D eigenvalue weighted by molar-refractivity contribution is 6.30. The molecule has 0 unspecified atom stereocenters. The molecule has 2 aromatic carbocycles. The summed E-state index contributed by atoms with van der Waals surface area (Å²) in [6.45, 7) is 0.603. The highest BCUT2D eigenvalue weighted by Crippen LogP contribution is 2.30. The summed E-state index contributed by atoms with van der Waals surface area (Å²) in [5.41, 5.74) is -0.111. The largest absolute Gasteiger partial charge is 0.416 e. The number of benzene rings is 2. The van der Waals surface area contributed by atoms with E-state index in [4.69, 9.17) is 11.6 Å². The molecule has 1 atom stereocenters. The van der Waals surface area contributed by atoms with Crippen molar-refractivity contribution in [1.82, 2.24) is 10.2 Å². The van der Waals surface area contributed by atoms with Crippen molar-refractivity contribution >= 4 is 23.4 Å². The van der Waals surface area contributed by atoms with E-state index in [1.807, 2.05) is 0 Å². The van der Waals surface area contributed by atoms with Crippen molar-refractivity contribution < 1.29 is 22.8 Å². The van der Waals surface area contributed by atoms with Gasteiger partial charge in [0, 0.05) is 23.7 Å². The zero-order chi connectivity index (χ0) is 20.3. The number of amides is 2. The van der Waals surface area contributed by atoms with Gasteiger partial charge in [-0.25, -0.2) is 0 Å². The molecule has 1 saturated heterocycles. The first-order valence-corrected chi connectivity index (χ1v) is 9.14. The molecule has 1 heterocycles. The van der Waals surface area contributed by atoms with Gasteiger partial charge < -0.3 is 10.2 Å². The first kappa shape index (κ1) is 20.2. The minimum atomic E-state index is -4.53. The molecule has 2 aromatic rings. The minimum absolute atomic E-state index is 0.0766. The fourth-order valence-corrected chi connectivity index (χ4v) is 3.31. The normalized spacial score (nSPS) is 16.9. The predicted octanol–water partition coefficient (Wildman–Crippen LogP) is 4.28. The van der Waals surface area contributed by atoms with Crippen LogP contribution in [0.25, 0.3) is 0 Å². The van der Waals surface area contributed by atoms with E-state index in [9.17, 15) is 22.8 Å². The Labute approximate surface area is 165 Å². The van der Waals surface area contributed by atoms with Crippen LogP contribution in [0.3, 0.4) is 0 Å². The number of hydrogen-bond acceptors (Lipinski definition) is 2. The lowest BCUT2D eigenvalue weighted by molar-refractivity contribution is -0.137. The number of nitrogens with zero attached hydrogens (tertiary/aromatic N) is 1. The van der Waals surface area contributed by atoms with E-state index in [-0.39, 0.29) is 18.0 Å². The summed E-state index contributed by atoms with van der Waals surface area (Å²) in [6, 6.07) is 10.5. The van der Waals surface area contributed by atoms with Gasteiger partial charge in [-0.2, -0.15) is 13.2 Å². The van der Waals surface area contributed by atoms with Crippen molar-refractivity contribution in [2.45, 2.75) is 31.6 Å². The maximum Gasteiger partial charge on any atom is 0.416 e. The van der Waals surface area contributed by atoms with Crippen molar-refractivity contribution in [3.8, 4) is 0 Å². The third-order valence-corrected chi connectivity index (χ3v) is 4.89. The van der Waals surface area contributed by atoms with Gasteiger partial charge in [0.1, 0.15) is 6.04 Å². The maximum atomic E-state index is 12.9. The van der Waals surface area contributed by atoms with Crippen LogP contribution in [0.2, 0.25) is 5.02 Å². The fourth-order valence-electron chi connectivity index (χ4n) is 3.19. The van der Waals surface area contributed by atoms with Crippen LogP contribution >= 0.6 is 11.6 Å². The molecule has 148 valence electrons. The van der Waals surface area contributed by atoms with Crippen molar-refractivity contribution in [3.05, 3.63) is 70.2 Å². The molecule has 4 nitrogen and oxygen atoms in total. The Morgan fingerprint density at radius 2 is 1.86 bits per heavy atom. The Bertz CT molecular complexity index is 868. The first-order valence-electron chi connectivity index (χ1n) is 8.76. The van der Waals surface area contributed by atoms with Gasteiger partial charge >= 0.3 is 6.18 Å². The van der Waals surface area contributed by atoms with E-state index in [0.717, 1.165) is 17.7 Å². The Hall–Kier alpha value is -2.54. The standard InChI is InChI=1S/C20H18ClF3N2O2/c21-16-8-6-13(7-9-16)12-25-18(27)17-5-2-10-26(17)19(28)14-3-1-4-15(11-14)20(22,23)24/h1,3-4,6-9,11,17H,2,5,10,12H2,(H,25,27)/t17-/m0/s1. The smallest absolute Gasteiger partial charge is 0.350 e. The second-order valence-electron chi connectivity index (χ2n) is 6.58. The van der Waals surface area contributed by atoms with Crippen LogP contribution in [-0.2, 0) is 17.5 Å². The van der Waals surface area contributed by atoms with E-state index in [1.54, 1.807) is 24.3 Å². The second-order valence-corrected chi connectivity index (χ2v) is 7.02. The minimum Gasteiger partial charge on any atom is -0.350 e. The third kappa shape index (κ3) is 4.65. The highest BCUT2D eigenvalue weighted by atomic mass is 35.5. The maximum absolute atomic E-state index is 12.9. The van der Waals surface area contributed by atoms with Gasteiger partial charge in [-0.15, -0.1) is 0 Å². The predicted molar refractivity (Wildman–Crippen MR) is 98.8 cm³/mol. The molecule has 0 saturated carbocycles. The van der Waals surface area contributed by atoms with Crippen LogP contribution in [0.15, 0.2) is 48.5 Å². The van der Waals surface area contributed by atoms with E-state index < -0.39 is 23.7 Å². The van der Waals surface area contributed by atoms with E-state index in [1.165, 1.54) is 17.0 Å². The molecule has 1 N–H and O–H groups in total.